The lowest BCUT2D eigenvalue weighted by Crippen LogP contribution is -2.50. The highest BCUT2D eigenvalue weighted by atomic mass is 32.2. The highest BCUT2D eigenvalue weighted by Gasteiger charge is 2.40. The van der Waals surface area contributed by atoms with Crippen LogP contribution >= 0.6 is 11.8 Å². The van der Waals surface area contributed by atoms with Crippen molar-refractivity contribution in [1.29, 1.82) is 0 Å². The number of nitrogens with zero attached hydrogens (tertiary/aromatic N) is 2. The number of nitrogens with one attached hydrogen (secondary N) is 1. The zero-order chi connectivity index (χ0) is 28.8. The SMILES string of the molecule is CCC1CCCCN1CCCNC(=O)c1ccc(/C=C2/SC3CCCCC3N(Cc3cc(C)ccc3C)C2=O)cc1. The van der Waals surface area contributed by atoms with Gasteiger partial charge in [0, 0.05) is 42.5 Å². The van der Waals surface area contributed by atoms with E-state index in [0.717, 1.165) is 36.3 Å². The number of fused-ring (bicyclic) bond motifs is 1. The van der Waals surface area contributed by atoms with Crippen LogP contribution in [0.1, 0.15) is 97.3 Å². The molecule has 2 heterocycles. The monoisotopic (exact) mass is 573 g/mol. The minimum Gasteiger partial charge on any atom is -0.352 e. The molecule has 0 aromatic heterocycles. The molecule has 2 aliphatic heterocycles. The fraction of sp³-hybridized carbons (Fsp3) is 0.543. The number of carbonyl (C=O) groups excluding carboxylic acids is 2. The van der Waals surface area contributed by atoms with Gasteiger partial charge in [-0.3, -0.25) is 9.59 Å². The Morgan fingerprint density at radius 3 is 2.61 bits per heavy atom. The predicted octanol–water partition coefficient (Wildman–Crippen LogP) is 7.12. The molecule has 6 heteroatoms. The molecule has 1 saturated carbocycles. The molecular formula is C35H47N3O2S. The highest BCUT2D eigenvalue weighted by molar-refractivity contribution is 8.04. The van der Waals surface area contributed by atoms with Crippen LogP contribution in [0.25, 0.3) is 6.08 Å². The van der Waals surface area contributed by atoms with Crippen LogP contribution in [-0.4, -0.2) is 58.6 Å². The fourth-order valence-corrected chi connectivity index (χ4v) is 8.27. The molecule has 3 fully saturated rings. The van der Waals surface area contributed by atoms with Crippen LogP contribution < -0.4 is 5.32 Å². The summed E-state index contributed by atoms with van der Waals surface area (Å²) in [7, 11) is 0. The second-order valence-electron chi connectivity index (χ2n) is 12.2. The third-order valence-electron chi connectivity index (χ3n) is 9.26. The summed E-state index contributed by atoms with van der Waals surface area (Å²) >= 11 is 1.76. The van der Waals surface area contributed by atoms with Crippen molar-refractivity contribution >= 4 is 29.7 Å². The Labute approximate surface area is 251 Å². The van der Waals surface area contributed by atoms with Crippen molar-refractivity contribution in [3.8, 4) is 0 Å². The van der Waals surface area contributed by atoms with Crippen molar-refractivity contribution in [2.24, 2.45) is 0 Å². The average Bonchev–Trinajstić information content (AvgIpc) is 2.99. The standard InChI is InChI=1S/C35H47N3O2S/c1-4-30-10-7-8-20-37(30)21-9-19-36-34(39)28-17-15-27(16-18-28)23-33-35(40)38(31-11-5-6-12-32(31)41-33)24-29-22-25(2)13-14-26(29)3/h13-18,22-23,30-32H,4-12,19-21,24H2,1-3H3,(H,36,39)/b33-23+. The van der Waals surface area contributed by atoms with Crippen LogP contribution in [-0.2, 0) is 11.3 Å². The van der Waals surface area contributed by atoms with Gasteiger partial charge < -0.3 is 15.1 Å². The smallest absolute Gasteiger partial charge is 0.260 e. The van der Waals surface area contributed by atoms with Crippen molar-refractivity contribution in [3.05, 3.63) is 75.2 Å². The van der Waals surface area contributed by atoms with E-state index in [2.05, 4.69) is 54.1 Å². The van der Waals surface area contributed by atoms with E-state index in [9.17, 15) is 9.59 Å². The molecule has 3 aliphatic rings. The van der Waals surface area contributed by atoms with Gasteiger partial charge in [0.15, 0.2) is 0 Å². The predicted molar refractivity (Wildman–Crippen MR) is 171 cm³/mol. The number of thioether (sulfide) groups is 1. The van der Waals surface area contributed by atoms with Gasteiger partial charge in [0.25, 0.3) is 11.8 Å². The Balaban J connectivity index is 1.21. The van der Waals surface area contributed by atoms with Crippen LogP contribution in [0.4, 0.5) is 0 Å². The van der Waals surface area contributed by atoms with Crippen LogP contribution in [0.3, 0.4) is 0 Å². The normalized spacial score (nSPS) is 24.4. The van der Waals surface area contributed by atoms with E-state index in [-0.39, 0.29) is 11.8 Å². The zero-order valence-electron chi connectivity index (χ0n) is 25.2. The van der Waals surface area contributed by atoms with E-state index in [1.807, 2.05) is 30.3 Å². The van der Waals surface area contributed by atoms with Gasteiger partial charge in [-0.15, -0.1) is 11.8 Å². The minimum atomic E-state index is -0.0252. The lowest BCUT2D eigenvalue weighted by Gasteiger charge is -2.44. The van der Waals surface area contributed by atoms with Gasteiger partial charge in [0.1, 0.15) is 0 Å². The van der Waals surface area contributed by atoms with Crippen LogP contribution in [0, 0.1) is 13.8 Å². The Kier molecular flexibility index (Phi) is 10.3. The van der Waals surface area contributed by atoms with Crippen LogP contribution in [0.15, 0.2) is 47.4 Å². The maximum atomic E-state index is 13.8. The molecule has 2 aromatic carbocycles. The molecule has 2 aromatic rings. The van der Waals surface area contributed by atoms with Crippen molar-refractivity contribution in [2.45, 2.75) is 102 Å². The van der Waals surface area contributed by atoms with Crippen molar-refractivity contribution in [2.75, 3.05) is 19.6 Å². The van der Waals surface area contributed by atoms with Gasteiger partial charge in [-0.1, -0.05) is 62.1 Å². The van der Waals surface area contributed by atoms with E-state index in [1.165, 1.54) is 61.8 Å². The first kappa shape index (κ1) is 29.9. The second kappa shape index (κ2) is 14.1. The molecule has 0 spiro atoms. The summed E-state index contributed by atoms with van der Waals surface area (Å²) < 4.78 is 0. The first-order valence-corrected chi connectivity index (χ1v) is 16.7. The molecule has 220 valence electrons. The number of rotatable bonds is 9. The maximum absolute atomic E-state index is 13.8. The summed E-state index contributed by atoms with van der Waals surface area (Å²) in [4.78, 5) is 32.2. The molecule has 41 heavy (non-hydrogen) atoms. The number of amides is 2. The van der Waals surface area contributed by atoms with Crippen molar-refractivity contribution in [3.63, 3.8) is 0 Å². The van der Waals surface area contributed by atoms with Crippen LogP contribution in [0.5, 0.6) is 0 Å². The molecule has 3 atom stereocenters. The first-order chi connectivity index (χ1) is 19.9. The Bertz CT molecular complexity index is 1240. The Morgan fingerprint density at radius 2 is 1.80 bits per heavy atom. The largest absolute Gasteiger partial charge is 0.352 e. The van der Waals surface area contributed by atoms with E-state index in [4.69, 9.17) is 0 Å². The average molecular weight is 574 g/mol. The molecule has 2 amide bonds. The van der Waals surface area contributed by atoms with Gasteiger partial charge in [0.2, 0.25) is 0 Å². The number of hydrogen-bond donors (Lipinski definition) is 1. The van der Waals surface area contributed by atoms with Crippen molar-refractivity contribution < 1.29 is 9.59 Å². The number of piperidine rings is 1. The lowest BCUT2D eigenvalue weighted by molar-refractivity contribution is -0.130. The van der Waals surface area contributed by atoms with Gasteiger partial charge in [0.05, 0.1) is 4.91 Å². The fourth-order valence-electron chi connectivity index (χ4n) is 6.80. The quantitative estimate of drug-likeness (QED) is 0.256. The number of benzene rings is 2. The maximum Gasteiger partial charge on any atom is 0.260 e. The lowest BCUT2D eigenvalue weighted by atomic mass is 9.92. The van der Waals surface area contributed by atoms with E-state index in [0.29, 0.717) is 36.0 Å². The molecule has 1 N–H and O–H groups in total. The molecule has 0 bridgehead atoms. The molecular weight excluding hydrogens is 526 g/mol. The molecule has 5 nitrogen and oxygen atoms in total. The Hall–Kier alpha value is -2.57. The number of carbonyl (C=O) groups is 2. The summed E-state index contributed by atoms with van der Waals surface area (Å²) in [6, 6.07) is 15.2. The molecule has 0 radical (unpaired) electrons. The van der Waals surface area contributed by atoms with E-state index in [1.54, 1.807) is 11.8 Å². The molecule has 1 aliphatic carbocycles. The van der Waals surface area contributed by atoms with Crippen LogP contribution in [0.2, 0.25) is 0 Å². The van der Waals surface area contributed by atoms with Gasteiger partial charge in [-0.25, -0.2) is 0 Å². The van der Waals surface area contributed by atoms with Gasteiger partial charge >= 0.3 is 0 Å². The third-order valence-corrected chi connectivity index (χ3v) is 10.7. The summed E-state index contributed by atoms with van der Waals surface area (Å²) in [6.07, 6.45) is 12.8. The second-order valence-corrected chi connectivity index (χ2v) is 13.5. The topological polar surface area (TPSA) is 52.7 Å². The third kappa shape index (κ3) is 7.45. The number of aryl methyl sites for hydroxylation is 2. The Morgan fingerprint density at radius 1 is 1.02 bits per heavy atom. The zero-order valence-corrected chi connectivity index (χ0v) is 26.0. The highest BCUT2D eigenvalue weighted by Crippen LogP contribution is 2.43. The summed E-state index contributed by atoms with van der Waals surface area (Å²) in [6.45, 7) is 10.1. The summed E-state index contributed by atoms with van der Waals surface area (Å²) in [5.74, 6) is 0.114. The molecule has 3 unspecified atom stereocenters. The summed E-state index contributed by atoms with van der Waals surface area (Å²) in [5, 5.41) is 3.55. The molecule has 2 saturated heterocycles. The number of hydrogen-bond acceptors (Lipinski definition) is 4. The molecule has 5 rings (SSSR count). The van der Waals surface area contributed by atoms with E-state index < -0.39 is 0 Å². The number of likely N-dealkylation sites (tertiary alicyclic amines) is 1. The minimum absolute atomic E-state index is 0.0252. The van der Waals surface area contributed by atoms with E-state index >= 15 is 0 Å². The first-order valence-electron chi connectivity index (χ1n) is 15.8. The van der Waals surface area contributed by atoms with Gasteiger partial charge in [-0.2, -0.15) is 0 Å². The summed E-state index contributed by atoms with van der Waals surface area (Å²) in [5.41, 5.74) is 5.35. The van der Waals surface area contributed by atoms with Crippen molar-refractivity contribution in [1.82, 2.24) is 15.1 Å². The van der Waals surface area contributed by atoms with Gasteiger partial charge in [-0.05, 0) is 93.8 Å².